The third-order valence-corrected chi connectivity index (χ3v) is 5.14. The number of fused-ring (bicyclic) bond motifs is 1. The summed E-state index contributed by atoms with van der Waals surface area (Å²) in [7, 11) is -0.378. The molecular weight excluding hydrogens is 305 g/mol. The van der Waals surface area contributed by atoms with E-state index >= 15 is 0 Å². The Morgan fingerprint density at radius 1 is 1.13 bits per heavy atom. The fourth-order valence-electron chi connectivity index (χ4n) is 2.64. The number of rotatable bonds is 3. The summed E-state index contributed by atoms with van der Waals surface area (Å²) < 4.78 is 12.3. The summed E-state index contributed by atoms with van der Waals surface area (Å²) in [4.78, 5) is 4.33. The van der Waals surface area contributed by atoms with Crippen molar-refractivity contribution in [2.24, 2.45) is 0 Å². The van der Waals surface area contributed by atoms with Crippen LogP contribution in [0.2, 0.25) is 0 Å². The zero-order chi connectivity index (χ0) is 16.7. The predicted molar refractivity (Wildman–Crippen MR) is 99.7 cm³/mol. The summed E-state index contributed by atoms with van der Waals surface area (Å²) >= 11 is 4.48. The molecule has 1 aromatic carbocycles. The topological polar surface area (TPSA) is 31.4 Å². The Kier molecular flexibility index (Phi) is 4.30. The predicted octanol–water partition coefficient (Wildman–Crippen LogP) is 4.18. The van der Waals surface area contributed by atoms with Crippen molar-refractivity contribution in [3.63, 3.8) is 0 Å². The van der Waals surface area contributed by atoms with Crippen molar-refractivity contribution in [3.8, 4) is 0 Å². The Morgan fingerprint density at radius 2 is 1.78 bits per heavy atom. The summed E-state index contributed by atoms with van der Waals surface area (Å²) in [5.74, 6) is 0.569. The Bertz CT molecular complexity index is 736. The first-order valence-electron chi connectivity index (χ1n) is 7.84. The molecule has 2 aromatic rings. The molecule has 5 heteroatoms. The maximum absolute atomic E-state index is 6.14. The van der Waals surface area contributed by atoms with Gasteiger partial charge in [0, 0.05) is 23.5 Å². The highest BCUT2D eigenvalue weighted by atomic mass is 32.1. The molecule has 0 unspecified atom stereocenters. The van der Waals surface area contributed by atoms with E-state index in [0.717, 1.165) is 16.4 Å². The van der Waals surface area contributed by atoms with Gasteiger partial charge in [0.15, 0.2) is 0 Å². The van der Waals surface area contributed by atoms with Gasteiger partial charge < -0.3 is 9.31 Å². The van der Waals surface area contributed by atoms with Gasteiger partial charge in [-0.3, -0.25) is 4.98 Å². The first-order chi connectivity index (χ1) is 10.8. The van der Waals surface area contributed by atoms with E-state index in [4.69, 9.17) is 9.31 Å². The van der Waals surface area contributed by atoms with Crippen LogP contribution in [0, 0.1) is 0 Å². The first kappa shape index (κ1) is 16.6. The summed E-state index contributed by atoms with van der Waals surface area (Å²) in [6.07, 6.45) is 5.84. The van der Waals surface area contributed by atoms with Gasteiger partial charge in [-0.05, 0) is 44.1 Å². The van der Waals surface area contributed by atoms with Crippen molar-refractivity contribution in [2.45, 2.75) is 38.9 Å². The second kappa shape index (κ2) is 5.97. The number of pyridine rings is 1. The van der Waals surface area contributed by atoms with E-state index in [0.29, 0.717) is 5.75 Å². The van der Waals surface area contributed by atoms with E-state index in [9.17, 15) is 0 Å². The maximum atomic E-state index is 6.14. The van der Waals surface area contributed by atoms with E-state index in [2.05, 4.69) is 63.5 Å². The summed E-state index contributed by atoms with van der Waals surface area (Å²) in [6.45, 7) is 8.23. The fraction of sp³-hybridized carbons (Fsp3) is 0.389. The van der Waals surface area contributed by atoms with Gasteiger partial charge in [-0.1, -0.05) is 30.3 Å². The molecule has 0 saturated carbocycles. The van der Waals surface area contributed by atoms with Crippen molar-refractivity contribution in [1.29, 1.82) is 0 Å². The monoisotopic (exact) mass is 327 g/mol. The summed E-state index contributed by atoms with van der Waals surface area (Å²) in [5.41, 5.74) is 1.36. The van der Waals surface area contributed by atoms with Gasteiger partial charge >= 0.3 is 7.12 Å². The van der Waals surface area contributed by atoms with E-state index in [1.165, 1.54) is 5.39 Å². The van der Waals surface area contributed by atoms with Crippen LogP contribution in [0.4, 0.5) is 0 Å². The SMILES string of the molecule is CC1(C)OB(C(=Cc2cncc3ccccc23)CS)OC1(C)C. The van der Waals surface area contributed by atoms with Gasteiger partial charge in [-0.2, -0.15) is 12.6 Å². The molecule has 0 radical (unpaired) electrons. The van der Waals surface area contributed by atoms with E-state index < -0.39 is 0 Å². The lowest BCUT2D eigenvalue weighted by molar-refractivity contribution is 0.00578. The number of nitrogens with zero attached hydrogens (tertiary/aromatic N) is 1. The minimum absolute atomic E-state index is 0.350. The van der Waals surface area contributed by atoms with Crippen LogP contribution in [0.15, 0.2) is 42.1 Å². The lowest BCUT2D eigenvalue weighted by Crippen LogP contribution is -2.41. The molecule has 0 amide bonds. The molecule has 1 fully saturated rings. The average molecular weight is 327 g/mol. The van der Waals surface area contributed by atoms with Crippen LogP contribution in [0.5, 0.6) is 0 Å². The van der Waals surface area contributed by atoms with Gasteiger partial charge in [0.05, 0.1) is 11.2 Å². The molecule has 1 aromatic heterocycles. The highest BCUT2D eigenvalue weighted by molar-refractivity contribution is 7.80. The minimum atomic E-state index is -0.378. The molecule has 2 heterocycles. The second-order valence-electron chi connectivity index (χ2n) is 6.92. The maximum Gasteiger partial charge on any atom is 0.491 e. The fourth-order valence-corrected chi connectivity index (χ4v) is 2.88. The normalized spacial score (nSPS) is 20.2. The first-order valence-corrected chi connectivity index (χ1v) is 8.47. The minimum Gasteiger partial charge on any atom is -0.400 e. The Hall–Kier alpha value is -1.30. The standard InChI is InChI=1S/C18H22BNO2S/c1-17(2)18(3,4)22-19(21-17)15(12-23)9-14-11-20-10-13-7-5-6-8-16(13)14/h5-11,23H,12H2,1-4H3. The smallest absolute Gasteiger partial charge is 0.400 e. The van der Waals surface area contributed by atoms with E-state index in [1.54, 1.807) is 0 Å². The number of benzene rings is 1. The molecule has 0 aliphatic carbocycles. The molecular formula is C18H22BNO2S. The van der Waals surface area contributed by atoms with Crippen molar-refractivity contribution in [2.75, 3.05) is 5.75 Å². The molecule has 120 valence electrons. The quantitative estimate of drug-likeness (QED) is 0.678. The van der Waals surface area contributed by atoms with Crippen LogP contribution in [0.3, 0.4) is 0 Å². The zero-order valence-corrected chi connectivity index (χ0v) is 14.9. The van der Waals surface area contributed by atoms with Crippen molar-refractivity contribution < 1.29 is 9.31 Å². The Morgan fingerprint density at radius 3 is 2.43 bits per heavy atom. The van der Waals surface area contributed by atoms with Crippen LogP contribution >= 0.6 is 12.6 Å². The van der Waals surface area contributed by atoms with Crippen LogP contribution in [0.1, 0.15) is 33.3 Å². The highest BCUT2D eigenvalue weighted by Gasteiger charge is 2.52. The van der Waals surface area contributed by atoms with Gasteiger partial charge in [-0.15, -0.1) is 0 Å². The molecule has 0 N–H and O–H groups in total. The lowest BCUT2D eigenvalue weighted by atomic mass is 9.78. The molecule has 0 bridgehead atoms. The molecule has 3 rings (SSSR count). The number of hydrogen-bond donors (Lipinski definition) is 1. The molecule has 23 heavy (non-hydrogen) atoms. The van der Waals surface area contributed by atoms with Crippen LogP contribution in [-0.2, 0) is 9.31 Å². The van der Waals surface area contributed by atoms with Crippen molar-refractivity contribution in [1.82, 2.24) is 4.98 Å². The Labute approximate surface area is 143 Å². The van der Waals surface area contributed by atoms with Crippen molar-refractivity contribution >= 4 is 36.6 Å². The second-order valence-corrected chi connectivity index (χ2v) is 7.23. The largest absolute Gasteiger partial charge is 0.491 e. The summed E-state index contributed by atoms with van der Waals surface area (Å²) in [5, 5.41) is 2.28. The molecule has 1 saturated heterocycles. The van der Waals surface area contributed by atoms with Gasteiger partial charge in [0.1, 0.15) is 0 Å². The van der Waals surface area contributed by atoms with Crippen LogP contribution in [0.25, 0.3) is 16.8 Å². The molecule has 1 aliphatic rings. The third kappa shape index (κ3) is 3.05. The van der Waals surface area contributed by atoms with Crippen LogP contribution < -0.4 is 0 Å². The number of aromatic nitrogens is 1. The van der Waals surface area contributed by atoms with Crippen LogP contribution in [-0.4, -0.2) is 29.1 Å². The lowest BCUT2D eigenvalue weighted by Gasteiger charge is -2.32. The van der Waals surface area contributed by atoms with Gasteiger partial charge in [0.25, 0.3) is 0 Å². The number of hydrogen-bond acceptors (Lipinski definition) is 4. The zero-order valence-electron chi connectivity index (χ0n) is 14.0. The third-order valence-electron chi connectivity index (χ3n) is 4.78. The van der Waals surface area contributed by atoms with Gasteiger partial charge in [0.2, 0.25) is 0 Å². The molecule has 1 aliphatic heterocycles. The van der Waals surface area contributed by atoms with Crippen molar-refractivity contribution in [3.05, 3.63) is 47.7 Å². The highest BCUT2D eigenvalue weighted by Crippen LogP contribution is 2.39. The van der Waals surface area contributed by atoms with E-state index in [1.807, 2.05) is 24.5 Å². The van der Waals surface area contributed by atoms with Gasteiger partial charge in [-0.25, -0.2) is 0 Å². The molecule has 0 atom stereocenters. The number of thiol groups is 1. The molecule has 3 nitrogen and oxygen atoms in total. The average Bonchev–Trinajstić information content (AvgIpc) is 2.73. The summed E-state index contributed by atoms with van der Waals surface area (Å²) in [6, 6.07) is 8.22. The van der Waals surface area contributed by atoms with E-state index in [-0.39, 0.29) is 18.3 Å². The Balaban J connectivity index is 1.99. The molecule has 0 spiro atoms.